The summed E-state index contributed by atoms with van der Waals surface area (Å²) in [5, 5.41) is 22.1. The van der Waals surface area contributed by atoms with E-state index in [0.717, 1.165) is 5.56 Å². The topological polar surface area (TPSA) is 96.3 Å². The fourth-order valence-corrected chi connectivity index (χ4v) is 4.29. The Morgan fingerprint density at radius 1 is 0.971 bits per heavy atom. The summed E-state index contributed by atoms with van der Waals surface area (Å²) in [5.41, 5.74) is 1.49. The van der Waals surface area contributed by atoms with Gasteiger partial charge in [-0.2, -0.15) is 0 Å². The van der Waals surface area contributed by atoms with E-state index < -0.39 is 23.5 Å². The number of hydrogen-bond acceptors (Lipinski definition) is 6. The van der Waals surface area contributed by atoms with Gasteiger partial charge in [0.1, 0.15) is 23.0 Å². The van der Waals surface area contributed by atoms with Gasteiger partial charge in [0.15, 0.2) is 0 Å². The number of halogens is 1. The highest BCUT2D eigenvalue weighted by Crippen LogP contribution is 2.46. The Morgan fingerprint density at radius 3 is 2.29 bits per heavy atom. The molecule has 0 bridgehead atoms. The number of methoxy groups -OCH3 is 2. The average molecular weight is 480 g/mol. The Labute approximate surface area is 201 Å². The summed E-state index contributed by atoms with van der Waals surface area (Å²) in [4.78, 5) is 27.8. The highest BCUT2D eigenvalue weighted by Gasteiger charge is 2.48. The minimum Gasteiger partial charge on any atom is -0.507 e. The second-order valence-electron chi connectivity index (χ2n) is 7.76. The highest BCUT2D eigenvalue weighted by atomic mass is 35.5. The number of aryl methyl sites for hydroxylation is 1. The predicted octanol–water partition coefficient (Wildman–Crippen LogP) is 5.00. The maximum Gasteiger partial charge on any atom is 0.300 e. The number of rotatable bonds is 5. The van der Waals surface area contributed by atoms with Crippen LogP contribution >= 0.6 is 11.6 Å². The van der Waals surface area contributed by atoms with E-state index in [9.17, 15) is 19.8 Å². The van der Waals surface area contributed by atoms with Gasteiger partial charge < -0.3 is 19.7 Å². The molecule has 1 heterocycles. The molecule has 1 atom stereocenters. The van der Waals surface area contributed by atoms with Crippen molar-refractivity contribution in [2.75, 3.05) is 19.1 Å². The number of carbonyl (C=O) groups excluding carboxylic acids is 2. The number of aromatic hydroxyl groups is 1. The molecule has 1 fully saturated rings. The Morgan fingerprint density at radius 2 is 1.65 bits per heavy atom. The van der Waals surface area contributed by atoms with Gasteiger partial charge in [0, 0.05) is 6.07 Å². The van der Waals surface area contributed by atoms with Gasteiger partial charge >= 0.3 is 0 Å². The molecule has 0 aromatic heterocycles. The summed E-state index contributed by atoms with van der Waals surface area (Å²) >= 11 is 6.28. The molecule has 0 aliphatic carbocycles. The fraction of sp³-hybridized carbons (Fsp3) is 0.154. The van der Waals surface area contributed by atoms with E-state index in [-0.39, 0.29) is 33.3 Å². The molecule has 7 nitrogen and oxygen atoms in total. The number of ketones is 1. The number of amides is 1. The lowest BCUT2D eigenvalue weighted by atomic mass is 9.94. The van der Waals surface area contributed by atoms with E-state index in [1.54, 1.807) is 49.4 Å². The van der Waals surface area contributed by atoms with E-state index in [1.807, 2.05) is 0 Å². The van der Waals surface area contributed by atoms with Crippen molar-refractivity contribution in [1.29, 1.82) is 0 Å². The Balaban J connectivity index is 2.01. The van der Waals surface area contributed by atoms with E-state index in [1.165, 1.54) is 37.3 Å². The van der Waals surface area contributed by atoms with Crippen LogP contribution < -0.4 is 14.4 Å². The molecule has 34 heavy (non-hydrogen) atoms. The van der Waals surface area contributed by atoms with Crippen molar-refractivity contribution in [1.82, 2.24) is 0 Å². The molecule has 1 amide bonds. The van der Waals surface area contributed by atoms with Gasteiger partial charge in [-0.1, -0.05) is 48.0 Å². The summed E-state index contributed by atoms with van der Waals surface area (Å²) < 4.78 is 10.6. The number of anilines is 1. The largest absolute Gasteiger partial charge is 0.507 e. The van der Waals surface area contributed by atoms with Crippen molar-refractivity contribution in [3.63, 3.8) is 0 Å². The van der Waals surface area contributed by atoms with Crippen LogP contribution in [0.4, 0.5) is 5.69 Å². The van der Waals surface area contributed by atoms with Crippen molar-refractivity contribution in [3.05, 3.63) is 87.9 Å². The van der Waals surface area contributed by atoms with Crippen molar-refractivity contribution < 1.29 is 29.3 Å². The van der Waals surface area contributed by atoms with Gasteiger partial charge in [-0.15, -0.1) is 0 Å². The predicted molar refractivity (Wildman–Crippen MR) is 129 cm³/mol. The summed E-state index contributed by atoms with van der Waals surface area (Å²) in [6.07, 6.45) is 0. The van der Waals surface area contributed by atoms with Crippen LogP contribution in [0.1, 0.15) is 22.7 Å². The first-order chi connectivity index (χ1) is 16.3. The minimum atomic E-state index is -1.00. The molecule has 174 valence electrons. The fourth-order valence-electron chi connectivity index (χ4n) is 4.05. The molecular weight excluding hydrogens is 458 g/mol. The summed E-state index contributed by atoms with van der Waals surface area (Å²) in [6.45, 7) is 1.81. The molecule has 1 aliphatic heterocycles. The summed E-state index contributed by atoms with van der Waals surface area (Å²) in [7, 11) is 2.84. The van der Waals surface area contributed by atoms with Crippen LogP contribution in [-0.2, 0) is 9.59 Å². The van der Waals surface area contributed by atoms with E-state index in [2.05, 4.69) is 0 Å². The number of phenols is 1. The van der Waals surface area contributed by atoms with E-state index in [0.29, 0.717) is 11.3 Å². The second-order valence-corrected chi connectivity index (χ2v) is 8.17. The van der Waals surface area contributed by atoms with Crippen LogP contribution in [0.25, 0.3) is 5.76 Å². The minimum absolute atomic E-state index is 0.126. The zero-order valence-corrected chi connectivity index (χ0v) is 19.5. The Hall–Kier alpha value is -3.97. The van der Waals surface area contributed by atoms with Gasteiger partial charge in [0.2, 0.25) is 0 Å². The number of hydrogen-bond donors (Lipinski definition) is 2. The third-order valence-electron chi connectivity index (χ3n) is 5.68. The molecule has 3 aromatic carbocycles. The quantitative estimate of drug-likeness (QED) is 0.304. The smallest absolute Gasteiger partial charge is 0.300 e. The summed E-state index contributed by atoms with van der Waals surface area (Å²) in [6, 6.07) is 15.4. The zero-order valence-electron chi connectivity index (χ0n) is 18.7. The number of aliphatic hydroxyl groups excluding tert-OH is 1. The maximum atomic E-state index is 13.3. The van der Waals surface area contributed by atoms with Crippen LogP contribution in [0.15, 0.2) is 66.2 Å². The van der Waals surface area contributed by atoms with E-state index in [4.69, 9.17) is 21.1 Å². The normalized spacial score (nSPS) is 17.2. The van der Waals surface area contributed by atoms with Gasteiger partial charge in [-0.05, 0) is 36.2 Å². The molecule has 2 N–H and O–H groups in total. The maximum absolute atomic E-state index is 13.3. The lowest BCUT2D eigenvalue weighted by molar-refractivity contribution is -0.132. The molecule has 3 aromatic rings. The first kappa shape index (κ1) is 23.2. The second kappa shape index (κ2) is 9.11. The Bertz CT molecular complexity index is 1320. The van der Waals surface area contributed by atoms with Crippen LogP contribution in [0.5, 0.6) is 17.2 Å². The molecule has 0 saturated carbocycles. The average Bonchev–Trinajstić information content (AvgIpc) is 3.10. The number of phenolic OH excluding ortho intramolecular Hbond substituents is 1. The van der Waals surface area contributed by atoms with Crippen LogP contribution in [-0.4, -0.2) is 36.1 Å². The summed E-state index contributed by atoms with van der Waals surface area (Å²) in [5.74, 6) is -1.88. The number of ether oxygens (including phenoxy) is 2. The molecule has 1 saturated heterocycles. The third kappa shape index (κ3) is 3.84. The number of aliphatic hydroxyl groups is 1. The zero-order chi connectivity index (χ0) is 24.6. The standard InChI is InChI=1S/C26H22ClNO6/c1-14-9-10-19(29)18(11-14)28-23(15-7-5-4-6-8-15)22(25(31)26(28)32)24(30)16-12-17(27)21(34-3)13-20(16)33-2/h4-13,23,29-30H,1-3H3/b24-22+. The van der Waals surface area contributed by atoms with E-state index >= 15 is 0 Å². The first-order valence-electron chi connectivity index (χ1n) is 10.4. The van der Waals surface area contributed by atoms with Crippen molar-refractivity contribution in [2.24, 2.45) is 0 Å². The number of carbonyl (C=O) groups is 2. The molecule has 1 aliphatic rings. The lowest BCUT2D eigenvalue weighted by Crippen LogP contribution is -2.29. The molecule has 4 rings (SSSR count). The lowest BCUT2D eigenvalue weighted by Gasteiger charge is -2.26. The molecule has 0 radical (unpaired) electrons. The SMILES string of the molecule is COc1cc(OC)c(/C(O)=C2\C(=O)C(=O)N(c3cc(C)ccc3O)C2c2ccccc2)cc1Cl. The molecule has 0 spiro atoms. The van der Waals surface area contributed by atoms with Gasteiger partial charge in [-0.3, -0.25) is 14.5 Å². The van der Waals surface area contributed by atoms with Crippen molar-refractivity contribution >= 4 is 34.7 Å². The Kier molecular flexibility index (Phi) is 6.22. The van der Waals surface area contributed by atoms with Crippen LogP contribution in [0, 0.1) is 6.92 Å². The monoisotopic (exact) mass is 479 g/mol. The number of benzene rings is 3. The van der Waals surface area contributed by atoms with Crippen molar-refractivity contribution in [2.45, 2.75) is 13.0 Å². The van der Waals surface area contributed by atoms with Gasteiger partial charge in [0.05, 0.1) is 42.1 Å². The van der Waals surface area contributed by atoms with Gasteiger partial charge in [0.25, 0.3) is 11.7 Å². The third-order valence-corrected chi connectivity index (χ3v) is 5.97. The van der Waals surface area contributed by atoms with Crippen LogP contribution in [0.3, 0.4) is 0 Å². The first-order valence-corrected chi connectivity index (χ1v) is 10.7. The van der Waals surface area contributed by atoms with Crippen LogP contribution in [0.2, 0.25) is 5.02 Å². The highest BCUT2D eigenvalue weighted by molar-refractivity contribution is 6.52. The van der Waals surface area contributed by atoms with Crippen molar-refractivity contribution in [3.8, 4) is 17.2 Å². The molecule has 8 heteroatoms. The molecule has 1 unspecified atom stereocenters. The van der Waals surface area contributed by atoms with Gasteiger partial charge in [-0.25, -0.2) is 0 Å². The molecular formula is C26H22ClNO6. The number of nitrogens with zero attached hydrogens (tertiary/aromatic N) is 1. The number of Topliss-reactive ketones (excluding diaryl/α,β-unsaturated/α-hetero) is 1.